The van der Waals surface area contributed by atoms with E-state index in [2.05, 4.69) is 45.2 Å². The first-order chi connectivity index (χ1) is 13.0. The van der Waals surface area contributed by atoms with Gasteiger partial charge in [-0.3, -0.25) is 4.79 Å². The van der Waals surface area contributed by atoms with Crippen molar-refractivity contribution < 1.29 is 4.79 Å². The molecule has 0 saturated carbocycles. The standard InChI is InChI=1S/C19H27N7O.HI/c1-13(15-7-5-4-6-8-15)22-19(23-16-9-10-18(27)20-11-16)21-12-17-25-24-14(2)26(17)3;/h4-8,13,16H,9-12H2,1-3H3,(H,20,27)(H2,21,22,23);1H. The Balaban J connectivity index is 0.00000280. The van der Waals surface area contributed by atoms with Gasteiger partial charge in [-0.25, -0.2) is 4.99 Å². The molecule has 0 bridgehead atoms. The van der Waals surface area contributed by atoms with Crippen molar-refractivity contribution in [1.82, 2.24) is 30.7 Å². The van der Waals surface area contributed by atoms with Gasteiger partial charge in [0.2, 0.25) is 5.91 Å². The first-order valence-electron chi connectivity index (χ1n) is 9.27. The molecule has 1 amide bonds. The van der Waals surface area contributed by atoms with Gasteiger partial charge in [0.25, 0.3) is 0 Å². The minimum absolute atomic E-state index is 0. The molecule has 1 fully saturated rings. The van der Waals surface area contributed by atoms with Gasteiger partial charge in [0.15, 0.2) is 11.8 Å². The molecule has 1 aliphatic rings. The molecule has 1 aromatic heterocycles. The number of amides is 1. The summed E-state index contributed by atoms with van der Waals surface area (Å²) in [6.45, 7) is 5.04. The number of guanidine groups is 1. The molecule has 2 aromatic rings. The molecule has 1 aromatic carbocycles. The average Bonchev–Trinajstić information content (AvgIpc) is 3.00. The molecule has 2 unspecified atom stereocenters. The minimum Gasteiger partial charge on any atom is -0.354 e. The normalized spacial score (nSPS) is 18.0. The van der Waals surface area contributed by atoms with Crippen molar-refractivity contribution in [3.8, 4) is 0 Å². The molecular weight excluding hydrogens is 469 g/mol. The van der Waals surface area contributed by atoms with E-state index in [1.54, 1.807) is 0 Å². The summed E-state index contributed by atoms with van der Waals surface area (Å²) in [7, 11) is 1.93. The highest BCUT2D eigenvalue weighted by Gasteiger charge is 2.20. The zero-order chi connectivity index (χ0) is 19.2. The second-order valence-corrected chi connectivity index (χ2v) is 6.85. The summed E-state index contributed by atoms with van der Waals surface area (Å²) in [6, 6.07) is 10.5. The Morgan fingerprint density at radius 2 is 2.11 bits per heavy atom. The van der Waals surface area contributed by atoms with E-state index in [4.69, 9.17) is 4.99 Å². The van der Waals surface area contributed by atoms with Crippen molar-refractivity contribution >= 4 is 35.8 Å². The Labute approximate surface area is 182 Å². The van der Waals surface area contributed by atoms with Gasteiger partial charge in [0.1, 0.15) is 12.4 Å². The summed E-state index contributed by atoms with van der Waals surface area (Å²) >= 11 is 0. The number of hydrogen-bond acceptors (Lipinski definition) is 4. The maximum absolute atomic E-state index is 11.4. The van der Waals surface area contributed by atoms with Gasteiger partial charge in [-0.15, -0.1) is 34.2 Å². The number of halogens is 1. The third-order valence-electron chi connectivity index (χ3n) is 4.82. The van der Waals surface area contributed by atoms with Crippen LogP contribution >= 0.6 is 24.0 Å². The highest BCUT2D eigenvalue weighted by atomic mass is 127. The van der Waals surface area contributed by atoms with Gasteiger partial charge in [0, 0.05) is 26.1 Å². The van der Waals surface area contributed by atoms with Crippen LogP contribution in [0.3, 0.4) is 0 Å². The fraction of sp³-hybridized carbons (Fsp3) is 0.474. The maximum atomic E-state index is 11.4. The van der Waals surface area contributed by atoms with Crippen LogP contribution in [0.5, 0.6) is 0 Å². The van der Waals surface area contributed by atoms with E-state index in [0.29, 0.717) is 25.5 Å². The van der Waals surface area contributed by atoms with Gasteiger partial charge >= 0.3 is 0 Å². The van der Waals surface area contributed by atoms with E-state index in [1.165, 1.54) is 5.56 Å². The van der Waals surface area contributed by atoms with Gasteiger partial charge < -0.3 is 20.5 Å². The number of rotatable bonds is 5. The molecule has 3 rings (SSSR count). The van der Waals surface area contributed by atoms with E-state index < -0.39 is 0 Å². The van der Waals surface area contributed by atoms with E-state index in [9.17, 15) is 4.79 Å². The lowest BCUT2D eigenvalue weighted by molar-refractivity contribution is -0.122. The molecule has 2 heterocycles. The van der Waals surface area contributed by atoms with E-state index >= 15 is 0 Å². The van der Waals surface area contributed by atoms with E-state index in [-0.39, 0.29) is 42.0 Å². The Kier molecular flexibility index (Phi) is 8.21. The number of nitrogens with one attached hydrogen (secondary N) is 3. The van der Waals surface area contributed by atoms with Crippen LogP contribution in [0.2, 0.25) is 0 Å². The van der Waals surface area contributed by atoms with Crippen molar-refractivity contribution in [2.75, 3.05) is 6.54 Å². The second kappa shape index (κ2) is 10.4. The Bertz CT molecular complexity index is 796. The van der Waals surface area contributed by atoms with Crippen LogP contribution in [-0.4, -0.2) is 39.2 Å². The monoisotopic (exact) mass is 497 g/mol. The number of carbonyl (C=O) groups excluding carboxylic acids is 1. The van der Waals surface area contributed by atoms with Crippen molar-refractivity contribution in [2.24, 2.45) is 12.0 Å². The van der Waals surface area contributed by atoms with Crippen LogP contribution in [0.1, 0.15) is 43.0 Å². The lowest BCUT2D eigenvalue weighted by Crippen LogP contribution is -2.51. The Morgan fingerprint density at radius 3 is 2.71 bits per heavy atom. The predicted molar refractivity (Wildman–Crippen MR) is 119 cm³/mol. The van der Waals surface area contributed by atoms with Crippen LogP contribution < -0.4 is 16.0 Å². The topological polar surface area (TPSA) is 96.2 Å². The molecule has 0 radical (unpaired) electrons. The molecule has 0 spiro atoms. The molecule has 9 heteroatoms. The number of benzene rings is 1. The van der Waals surface area contributed by atoms with Crippen molar-refractivity contribution in [1.29, 1.82) is 0 Å². The fourth-order valence-electron chi connectivity index (χ4n) is 2.95. The van der Waals surface area contributed by atoms with Crippen molar-refractivity contribution in [3.63, 3.8) is 0 Å². The number of nitrogens with zero attached hydrogens (tertiary/aromatic N) is 4. The molecule has 3 N–H and O–H groups in total. The van der Waals surface area contributed by atoms with Crippen LogP contribution in [0.25, 0.3) is 0 Å². The molecule has 1 aliphatic heterocycles. The number of hydrogen-bond donors (Lipinski definition) is 3. The second-order valence-electron chi connectivity index (χ2n) is 6.85. The van der Waals surface area contributed by atoms with E-state index in [1.807, 2.05) is 36.7 Å². The number of piperidine rings is 1. The summed E-state index contributed by atoms with van der Waals surface area (Å²) in [4.78, 5) is 16.1. The van der Waals surface area contributed by atoms with Crippen LogP contribution in [0.15, 0.2) is 35.3 Å². The largest absolute Gasteiger partial charge is 0.354 e. The third-order valence-corrected chi connectivity index (χ3v) is 4.82. The quantitative estimate of drug-likeness (QED) is 0.333. The summed E-state index contributed by atoms with van der Waals surface area (Å²) in [6.07, 6.45) is 1.32. The number of aryl methyl sites for hydroxylation is 1. The zero-order valence-corrected chi connectivity index (χ0v) is 18.8. The first-order valence-corrected chi connectivity index (χ1v) is 9.27. The lowest BCUT2D eigenvalue weighted by atomic mass is 10.1. The van der Waals surface area contributed by atoms with Crippen molar-refractivity contribution in [2.45, 2.75) is 45.3 Å². The molecular formula is C19H28IN7O. The molecule has 1 saturated heterocycles. The number of aliphatic imine (C=N–C) groups is 1. The summed E-state index contributed by atoms with van der Waals surface area (Å²) in [5, 5.41) is 18.1. The van der Waals surface area contributed by atoms with Crippen LogP contribution in [0.4, 0.5) is 0 Å². The van der Waals surface area contributed by atoms with Gasteiger partial charge in [-0.2, -0.15) is 0 Å². The minimum atomic E-state index is 0. The van der Waals surface area contributed by atoms with Crippen LogP contribution in [0, 0.1) is 6.92 Å². The Morgan fingerprint density at radius 1 is 1.36 bits per heavy atom. The summed E-state index contributed by atoms with van der Waals surface area (Å²) in [5.74, 6) is 2.47. The SMILES string of the molecule is Cc1nnc(CN=C(NC2CCC(=O)NC2)NC(C)c2ccccc2)n1C.I. The highest BCUT2D eigenvalue weighted by molar-refractivity contribution is 14.0. The molecule has 28 heavy (non-hydrogen) atoms. The number of aromatic nitrogens is 3. The predicted octanol–water partition coefficient (Wildman–Crippen LogP) is 1.82. The van der Waals surface area contributed by atoms with Gasteiger partial charge in [0.05, 0.1) is 6.04 Å². The molecule has 152 valence electrons. The van der Waals surface area contributed by atoms with Crippen molar-refractivity contribution in [3.05, 3.63) is 47.5 Å². The number of carbonyl (C=O) groups is 1. The highest BCUT2D eigenvalue weighted by Crippen LogP contribution is 2.11. The lowest BCUT2D eigenvalue weighted by Gasteiger charge is -2.27. The zero-order valence-electron chi connectivity index (χ0n) is 16.5. The molecule has 2 atom stereocenters. The summed E-state index contributed by atoms with van der Waals surface area (Å²) in [5.41, 5.74) is 1.18. The molecule has 0 aliphatic carbocycles. The van der Waals surface area contributed by atoms with Crippen LogP contribution in [-0.2, 0) is 18.4 Å². The third kappa shape index (κ3) is 5.91. The first kappa shape index (κ1) is 22.1. The smallest absolute Gasteiger partial charge is 0.220 e. The van der Waals surface area contributed by atoms with Gasteiger partial charge in [-0.1, -0.05) is 30.3 Å². The maximum Gasteiger partial charge on any atom is 0.220 e. The van der Waals surface area contributed by atoms with E-state index in [0.717, 1.165) is 18.1 Å². The van der Waals surface area contributed by atoms with Gasteiger partial charge in [-0.05, 0) is 25.8 Å². The molecule has 8 nitrogen and oxygen atoms in total. The fourth-order valence-corrected chi connectivity index (χ4v) is 2.95. The summed E-state index contributed by atoms with van der Waals surface area (Å²) < 4.78 is 1.93. The Hall–Kier alpha value is -2.17. The average molecular weight is 497 g/mol.